The van der Waals surface area contributed by atoms with Gasteiger partial charge in [0.2, 0.25) is 10.0 Å². The summed E-state index contributed by atoms with van der Waals surface area (Å²) < 4.78 is 24.4. The zero-order valence-electron chi connectivity index (χ0n) is 8.93. The number of rotatable bonds is 5. The van der Waals surface area contributed by atoms with Gasteiger partial charge in [0.15, 0.2) is 0 Å². The van der Waals surface area contributed by atoms with Crippen LogP contribution in [0.25, 0.3) is 0 Å². The largest absolute Gasteiger partial charge is 0.508 e. The molecule has 1 N–H and O–H groups in total. The maximum atomic E-state index is 11.6. The molecule has 90 valence electrons. The number of benzene rings is 1. The topological polar surface area (TPSA) is 57.6 Å². The molecule has 0 aromatic heterocycles. The van der Waals surface area contributed by atoms with Gasteiger partial charge in [-0.25, -0.2) is 12.7 Å². The van der Waals surface area contributed by atoms with Gasteiger partial charge < -0.3 is 5.11 Å². The lowest BCUT2D eigenvalue weighted by Gasteiger charge is -2.16. The molecule has 4 nitrogen and oxygen atoms in total. The normalized spacial score (nSPS) is 11.9. The van der Waals surface area contributed by atoms with Crippen LogP contribution in [0.1, 0.15) is 5.56 Å². The molecule has 1 aromatic rings. The van der Waals surface area contributed by atoms with E-state index in [9.17, 15) is 13.5 Å². The zero-order valence-corrected chi connectivity index (χ0v) is 10.5. The summed E-state index contributed by atoms with van der Waals surface area (Å²) in [4.78, 5) is 0. The molecule has 1 aromatic carbocycles. The minimum absolute atomic E-state index is 0.0761. The highest BCUT2D eigenvalue weighted by atomic mass is 35.5. The molecule has 16 heavy (non-hydrogen) atoms. The van der Waals surface area contributed by atoms with Gasteiger partial charge in [-0.3, -0.25) is 0 Å². The number of phenolic OH excluding ortho intramolecular Hbond substituents is 1. The Hall–Kier alpha value is -0.780. The van der Waals surface area contributed by atoms with Crippen LogP contribution in [-0.4, -0.2) is 36.5 Å². The Morgan fingerprint density at radius 2 is 2.12 bits per heavy atom. The van der Waals surface area contributed by atoms with Crippen molar-refractivity contribution in [3.63, 3.8) is 0 Å². The third-order valence-corrected chi connectivity index (χ3v) is 4.34. The number of phenols is 1. The summed E-state index contributed by atoms with van der Waals surface area (Å²) >= 11 is 5.41. The van der Waals surface area contributed by atoms with Crippen molar-refractivity contribution < 1.29 is 13.5 Å². The van der Waals surface area contributed by atoms with E-state index >= 15 is 0 Å². The molecule has 0 saturated carbocycles. The van der Waals surface area contributed by atoms with Crippen LogP contribution in [0.5, 0.6) is 5.75 Å². The number of aromatic hydroxyl groups is 1. The van der Waals surface area contributed by atoms with Gasteiger partial charge in [0.25, 0.3) is 0 Å². The zero-order chi connectivity index (χ0) is 12.2. The average Bonchev–Trinajstić information content (AvgIpc) is 2.17. The molecule has 0 radical (unpaired) electrons. The Morgan fingerprint density at radius 1 is 1.44 bits per heavy atom. The van der Waals surface area contributed by atoms with Crippen molar-refractivity contribution in [1.29, 1.82) is 0 Å². The van der Waals surface area contributed by atoms with Gasteiger partial charge in [-0.05, 0) is 17.7 Å². The molecule has 0 atom stereocenters. The van der Waals surface area contributed by atoms with Gasteiger partial charge in [0.1, 0.15) is 5.75 Å². The molecule has 0 unspecified atom stereocenters. The molecule has 1 rings (SSSR count). The van der Waals surface area contributed by atoms with Gasteiger partial charge in [-0.2, -0.15) is 0 Å². The molecule has 0 aliphatic rings. The molecule has 6 heteroatoms. The second kappa shape index (κ2) is 5.52. The van der Waals surface area contributed by atoms with E-state index in [2.05, 4.69) is 0 Å². The maximum absolute atomic E-state index is 11.6. The lowest BCUT2D eigenvalue weighted by atomic mass is 10.2. The van der Waals surface area contributed by atoms with E-state index in [-0.39, 0.29) is 23.9 Å². The number of alkyl halides is 1. The number of hydrogen-bond acceptors (Lipinski definition) is 3. The minimum Gasteiger partial charge on any atom is -0.508 e. The average molecular weight is 264 g/mol. The fourth-order valence-corrected chi connectivity index (χ4v) is 2.70. The first-order valence-corrected chi connectivity index (χ1v) is 6.88. The molecule has 0 fully saturated rings. The Bertz CT molecular complexity index is 447. The van der Waals surface area contributed by atoms with E-state index in [0.29, 0.717) is 0 Å². The van der Waals surface area contributed by atoms with Gasteiger partial charge in [0, 0.05) is 19.5 Å². The Kier molecular flexibility index (Phi) is 4.58. The van der Waals surface area contributed by atoms with Crippen molar-refractivity contribution in [2.45, 2.75) is 6.54 Å². The fourth-order valence-electron chi connectivity index (χ4n) is 1.26. The Balaban J connectivity index is 2.75. The highest BCUT2D eigenvalue weighted by molar-refractivity contribution is 7.89. The molecule has 0 saturated heterocycles. The quantitative estimate of drug-likeness (QED) is 0.817. The monoisotopic (exact) mass is 263 g/mol. The number of halogens is 1. The number of sulfonamides is 1. The third-order valence-electron chi connectivity index (χ3n) is 2.13. The van der Waals surface area contributed by atoms with Crippen molar-refractivity contribution in [1.82, 2.24) is 4.31 Å². The van der Waals surface area contributed by atoms with E-state index in [1.54, 1.807) is 12.1 Å². The Labute approximate surface area is 101 Å². The van der Waals surface area contributed by atoms with E-state index in [1.165, 1.54) is 23.5 Å². The summed E-state index contributed by atoms with van der Waals surface area (Å²) in [6, 6.07) is 6.50. The van der Waals surface area contributed by atoms with Crippen molar-refractivity contribution in [3.8, 4) is 5.75 Å². The predicted molar refractivity (Wildman–Crippen MR) is 64.1 cm³/mol. The number of hydrogen-bond donors (Lipinski definition) is 1. The minimum atomic E-state index is -3.30. The van der Waals surface area contributed by atoms with E-state index in [0.717, 1.165) is 5.56 Å². The van der Waals surface area contributed by atoms with Gasteiger partial charge in [0.05, 0.1) is 5.75 Å². The lowest BCUT2D eigenvalue weighted by Crippen LogP contribution is -2.29. The van der Waals surface area contributed by atoms with Crippen molar-refractivity contribution in [3.05, 3.63) is 29.8 Å². The summed E-state index contributed by atoms with van der Waals surface area (Å²) in [7, 11) is -1.81. The van der Waals surface area contributed by atoms with Crippen LogP contribution in [0, 0.1) is 0 Å². The SMILES string of the molecule is CN(Cc1cccc(O)c1)S(=O)(=O)CCCl. The van der Waals surface area contributed by atoms with Crippen LogP contribution in [-0.2, 0) is 16.6 Å². The molecule has 0 aliphatic heterocycles. The van der Waals surface area contributed by atoms with E-state index < -0.39 is 10.0 Å². The summed E-state index contributed by atoms with van der Waals surface area (Å²) in [5.74, 6) is 0.122. The molecule has 0 aliphatic carbocycles. The van der Waals surface area contributed by atoms with Crippen LogP contribution in [0.2, 0.25) is 0 Å². The van der Waals surface area contributed by atoms with Crippen LogP contribution in [0.15, 0.2) is 24.3 Å². The van der Waals surface area contributed by atoms with Gasteiger partial charge >= 0.3 is 0 Å². The molecule has 0 bridgehead atoms. The first kappa shape index (κ1) is 13.3. The van der Waals surface area contributed by atoms with Crippen LogP contribution in [0.3, 0.4) is 0 Å². The molecular weight excluding hydrogens is 250 g/mol. The fraction of sp³-hybridized carbons (Fsp3) is 0.400. The summed E-state index contributed by atoms with van der Waals surface area (Å²) in [5.41, 5.74) is 0.737. The van der Waals surface area contributed by atoms with Crippen molar-refractivity contribution >= 4 is 21.6 Å². The number of nitrogens with zero attached hydrogens (tertiary/aromatic N) is 1. The first-order chi connectivity index (χ1) is 7.45. The first-order valence-electron chi connectivity index (χ1n) is 4.73. The standard InChI is InChI=1S/C10H14ClNO3S/c1-12(16(14,15)6-5-11)8-9-3-2-4-10(13)7-9/h2-4,7,13H,5-6,8H2,1H3. The van der Waals surface area contributed by atoms with Gasteiger partial charge in [-0.1, -0.05) is 12.1 Å². The lowest BCUT2D eigenvalue weighted by molar-refractivity contribution is 0.459. The van der Waals surface area contributed by atoms with Crippen LogP contribution < -0.4 is 0 Å². The summed E-state index contributed by atoms with van der Waals surface area (Å²) in [6.07, 6.45) is 0. The molecule has 0 spiro atoms. The second-order valence-electron chi connectivity index (χ2n) is 3.43. The highest BCUT2D eigenvalue weighted by Gasteiger charge is 2.17. The second-order valence-corrected chi connectivity index (χ2v) is 6.00. The summed E-state index contributed by atoms with van der Waals surface area (Å²) in [6.45, 7) is 0.230. The molecule has 0 amide bonds. The molecular formula is C10H14ClNO3S. The predicted octanol–water partition coefficient (Wildman–Crippen LogP) is 1.39. The van der Waals surface area contributed by atoms with Crippen molar-refractivity contribution in [2.75, 3.05) is 18.7 Å². The Morgan fingerprint density at radius 3 is 2.69 bits per heavy atom. The maximum Gasteiger partial charge on any atom is 0.215 e. The van der Waals surface area contributed by atoms with Crippen molar-refractivity contribution in [2.24, 2.45) is 0 Å². The summed E-state index contributed by atoms with van der Waals surface area (Å²) in [5, 5.41) is 9.24. The van der Waals surface area contributed by atoms with E-state index in [4.69, 9.17) is 11.6 Å². The van der Waals surface area contributed by atoms with Crippen LogP contribution in [0.4, 0.5) is 0 Å². The molecule has 0 heterocycles. The van der Waals surface area contributed by atoms with Crippen LogP contribution >= 0.6 is 11.6 Å². The highest BCUT2D eigenvalue weighted by Crippen LogP contribution is 2.14. The smallest absolute Gasteiger partial charge is 0.215 e. The third kappa shape index (κ3) is 3.66. The van der Waals surface area contributed by atoms with Gasteiger partial charge in [-0.15, -0.1) is 11.6 Å². The van der Waals surface area contributed by atoms with E-state index in [1.807, 2.05) is 0 Å².